The number of nitrogens with zero attached hydrogens (tertiary/aromatic N) is 2. The molecule has 1 fully saturated rings. The zero-order chi connectivity index (χ0) is 14.4. The van der Waals surface area contributed by atoms with Crippen LogP contribution in [0.3, 0.4) is 0 Å². The molecule has 0 radical (unpaired) electrons. The molecule has 110 valence electrons. The van der Waals surface area contributed by atoms with Gasteiger partial charge in [-0.15, -0.1) is 0 Å². The van der Waals surface area contributed by atoms with Crippen molar-refractivity contribution in [3.05, 3.63) is 24.2 Å². The van der Waals surface area contributed by atoms with Crippen LogP contribution in [0.25, 0.3) is 0 Å². The minimum absolute atomic E-state index is 0.0757. The lowest BCUT2D eigenvalue weighted by molar-refractivity contribution is -0.135. The van der Waals surface area contributed by atoms with Gasteiger partial charge in [-0.3, -0.25) is 9.59 Å². The van der Waals surface area contributed by atoms with E-state index in [2.05, 4.69) is 0 Å². The Bertz CT molecular complexity index is 438. The fourth-order valence-corrected chi connectivity index (χ4v) is 2.17. The van der Waals surface area contributed by atoms with Crippen LogP contribution in [0.15, 0.2) is 23.0 Å². The zero-order valence-corrected chi connectivity index (χ0v) is 11.7. The Morgan fingerprint density at radius 1 is 1.35 bits per heavy atom. The SMILES string of the molecule is CCN(CCC(=O)N1CCOCC1)C(=O)c1ccoc1. The topological polar surface area (TPSA) is 63.0 Å². The second-order valence-corrected chi connectivity index (χ2v) is 4.64. The summed E-state index contributed by atoms with van der Waals surface area (Å²) >= 11 is 0. The molecule has 0 spiro atoms. The number of hydrogen-bond donors (Lipinski definition) is 0. The number of hydrogen-bond acceptors (Lipinski definition) is 4. The molecular formula is C14H20N2O4. The fourth-order valence-electron chi connectivity index (χ4n) is 2.17. The van der Waals surface area contributed by atoms with Gasteiger partial charge in [0.15, 0.2) is 0 Å². The van der Waals surface area contributed by atoms with Crippen molar-refractivity contribution in [2.45, 2.75) is 13.3 Å². The predicted molar refractivity (Wildman–Crippen MR) is 72.3 cm³/mol. The Balaban J connectivity index is 1.84. The average Bonchev–Trinajstić information content (AvgIpc) is 3.02. The standard InChI is InChI=1S/C14H20N2O4/c1-2-15(14(18)12-4-8-20-11-12)5-3-13(17)16-6-9-19-10-7-16/h4,8,11H,2-3,5-7,9-10H2,1H3. The molecule has 1 aromatic heterocycles. The minimum Gasteiger partial charge on any atom is -0.472 e. The Morgan fingerprint density at radius 3 is 2.70 bits per heavy atom. The van der Waals surface area contributed by atoms with Crippen LogP contribution >= 0.6 is 0 Å². The molecule has 20 heavy (non-hydrogen) atoms. The van der Waals surface area contributed by atoms with Crippen LogP contribution in [0.1, 0.15) is 23.7 Å². The van der Waals surface area contributed by atoms with Gasteiger partial charge in [-0.1, -0.05) is 0 Å². The quantitative estimate of drug-likeness (QED) is 0.807. The summed E-state index contributed by atoms with van der Waals surface area (Å²) in [5.74, 6) is -0.0252. The number of morpholine rings is 1. The van der Waals surface area contributed by atoms with E-state index < -0.39 is 0 Å². The summed E-state index contributed by atoms with van der Waals surface area (Å²) < 4.78 is 10.1. The molecule has 0 aliphatic carbocycles. The van der Waals surface area contributed by atoms with Gasteiger partial charge in [0.1, 0.15) is 6.26 Å². The number of amides is 2. The number of rotatable bonds is 5. The van der Waals surface area contributed by atoms with Gasteiger partial charge in [-0.25, -0.2) is 0 Å². The monoisotopic (exact) mass is 280 g/mol. The van der Waals surface area contributed by atoms with Crippen molar-refractivity contribution in [1.82, 2.24) is 9.80 Å². The maximum atomic E-state index is 12.1. The van der Waals surface area contributed by atoms with Crippen molar-refractivity contribution < 1.29 is 18.7 Å². The fraction of sp³-hybridized carbons (Fsp3) is 0.571. The second kappa shape index (κ2) is 7.09. The van der Waals surface area contributed by atoms with Gasteiger partial charge in [0.25, 0.3) is 5.91 Å². The van der Waals surface area contributed by atoms with E-state index in [0.29, 0.717) is 51.4 Å². The number of carbonyl (C=O) groups is 2. The summed E-state index contributed by atoms with van der Waals surface area (Å²) in [6.07, 6.45) is 3.24. The van der Waals surface area contributed by atoms with Crippen molar-refractivity contribution in [2.75, 3.05) is 39.4 Å². The van der Waals surface area contributed by atoms with Gasteiger partial charge in [-0.05, 0) is 13.0 Å². The van der Waals surface area contributed by atoms with E-state index in [0.717, 1.165) is 0 Å². The van der Waals surface area contributed by atoms with Gasteiger partial charge in [0, 0.05) is 32.6 Å². The minimum atomic E-state index is -0.101. The van der Waals surface area contributed by atoms with Crippen LogP contribution < -0.4 is 0 Å². The van der Waals surface area contributed by atoms with E-state index in [-0.39, 0.29) is 11.8 Å². The lowest BCUT2D eigenvalue weighted by Gasteiger charge is -2.28. The summed E-state index contributed by atoms with van der Waals surface area (Å²) in [5.41, 5.74) is 0.519. The molecule has 2 rings (SSSR count). The Kier molecular flexibility index (Phi) is 5.17. The molecule has 0 atom stereocenters. The van der Waals surface area contributed by atoms with Gasteiger partial charge in [-0.2, -0.15) is 0 Å². The summed E-state index contributed by atoms with van der Waals surface area (Å²) in [5, 5.41) is 0. The van der Waals surface area contributed by atoms with E-state index in [1.165, 1.54) is 12.5 Å². The summed E-state index contributed by atoms with van der Waals surface area (Å²) in [4.78, 5) is 27.6. The molecule has 0 N–H and O–H groups in total. The van der Waals surface area contributed by atoms with Crippen molar-refractivity contribution in [3.8, 4) is 0 Å². The molecule has 2 heterocycles. The first-order chi connectivity index (χ1) is 9.72. The molecule has 2 amide bonds. The lowest BCUT2D eigenvalue weighted by atomic mass is 10.2. The van der Waals surface area contributed by atoms with Crippen molar-refractivity contribution in [1.29, 1.82) is 0 Å². The van der Waals surface area contributed by atoms with Crippen LogP contribution in [0.4, 0.5) is 0 Å². The van der Waals surface area contributed by atoms with Gasteiger partial charge >= 0.3 is 0 Å². The number of ether oxygens (including phenoxy) is 1. The molecule has 0 bridgehead atoms. The molecule has 1 aromatic rings. The van der Waals surface area contributed by atoms with Gasteiger partial charge in [0.05, 0.1) is 25.0 Å². The van der Waals surface area contributed by atoms with E-state index in [9.17, 15) is 9.59 Å². The molecule has 1 aliphatic rings. The molecular weight excluding hydrogens is 260 g/mol. The third-order valence-corrected chi connectivity index (χ3v) is 3.40. The summed E-state index contributed by atoms with van der Waals surface area (Å²) in [6.45, 7) is 5.37. The number of carbonyl (C=O) groups excluding carboxylic acids is 2. The Morgan fingerprint density at radius 2 is 2.10 bits per heavy atom. The first-order valence-corrected chi connectivity index (χ1v) is 6.89. The van der Waals surface area contributed by atoms with E-state index in [4.69, 9.17) is 9.15 Å². The lowest BCUT2D eigenvalue weighted by Crippen LogP contribution is -2.42. The maximum Gasteiger partial charge on any atom is 0.257 e. The molecule has 6 nitrogen and oxygen atoms in total. The molecule has 6 heteroatoms. The van der Waals surface area contributed by atoms with Crippen molar-refractivity contribution >= 4 is 11.8 Å². The van der Waals surface area contributed by atoms with Crippen molar-refractivity contribution in [3.63, 3.8) is 0 Å². The first-order valence-electron chi connectivity index (χ1n) is 6.89. The normalized spacial score (nSPS) is 15.2. The van der Waals surface area contributed by atoms with Gasteiger partial charge in [0.2, 0.25) is 5.91 Å². The largest absolute Gasteiger partial charge is 0.472 e. The van der Waals surface area contributed by atoms with E-state index in [1.807, 2.05) is 6.92 Å². The highest BCUT2D eigenvalue weighted by molar-refractivity contribution is 5.94. The maximum absolute atomic E-state index is 12.1. The molecule has 0 aromatic carbocycles. The zero-order valence-electron chi connectivity index (χ0n) is 11.7. The molecule has 1 saturated heterocycles. The third kappa shape index (κ3) is 3.60. The second-order valence-electron chi connectivity index (χ2n) is 4.64. The summed E-state index contributed by atoms with van der Waals surface area (Å²) in [6, 6.07) is 1.63. The first kappa shape index (κ1) is 14.6. The average molecular weight is 280 g/mol. The predicted octanol–water partition coefficient (Wildman–Crippen LogP) is 0.991. The Labute approximate surface area is 118 Å². The van der Waals surface area contributed by atoms with Crippen LogP contribution in [0, 0.1) is 0 Å². The molecule has 0 unspecified atom stereocenters. The molecule has 1 aliphatic heterocycles. The van der Waals surface area contributed by atoms with Crippen LogP contribution in [-0.2, 0) is 9.53 Å². The van der Waals surface area contributed by atoms with Crippen LogP contribution in [0.5, 0.6) is 0 Å². The molecule has 0 saturated carbocycles. The third-order valence-electron chi connectivity index (χ3n) is 3.40. The van der Waals surface area contributed by atoms with Crippen molar-refractivity contribution in [2.24, 2.45) is 0 Å². The van der Waals surface area contributed by atoms with E-state index >= 15 is 0 Å². The smallest absolute Gasteiger partial charge is 0.257 e. The van der Waals surface area contributed by atoms with Crippen LogP contribution in [-0.4, -0.2) is 61.0 Å². The highest BCUT2D eigenvalue weighted by atomic mass is 16.5. The summed E-state index contributed by atoms with van der Waals surface area (Å²) in [7, 11) is 0. The van der Waals surface area contributed by atoms with Gasteiger partial charge < -0.3 is 19.0 Å². The highest BCUT2D eigenvalue weighted by Gasteiger charge is 2.20. The van der Waals surface area contributed by atoms with E-state index in [1.54, 1.807) is 15.9 Å². The van der Waals surface area contributed by atoms with Crippen LogP contribution in [0.2, 0.25) is 0 Å². The number of furan rings is 1. The highest BCUT2D eigenvalue weighted by Crippen LogP contribution is 2.07. The Hall–Kier alpha value is -1.82.